The molecule has 0 N–H and O–H groups in total. The molecule has 0 fully saturated rings. The highest BCUT2D eigenvalue weighted by Crippen LogP contribution is 2.24. The Morgan fingerprint density at radius 2 is 1.80 bits per heavy atom. The van der Waals surface area contributed by atoms with Gasteiger partial charge in [0, 0.05) is 24.4 Å². The molecule has 30 heavy (non-hydrogen) atoms. The van der Waals surface area contributed by atoms with Gasteiger partial charge in [-0.15, -0.1) is 0 Å². The molecular formula is C21H23N7O2. The average Bonchev–Trinajstić information content (AvgIpc) is 3.28. The molecule has 0 atom stereocenters. The lowest BCUT2D eigenvalue weighted by Crippen LogP contribution is -2.23. The van der Waals surface area contributed by atoms with Gasteiger partial charge in [-0.3, -0.25) is 0 Å². The van der Waals surface area contributed by atoms with E-state index in [4.69, 9.17) is 4.74 Å². The molecule has 0 amide bonds. The van der Waals surface area contributed by atoms with E-state index >= 15 is 0 Å². The fourth-order valence-electron chi connectivity index (χ4n) is 3.27. The lowest BCUT2D eigenvalue weighted by Gasteiger charge is -2.15. The largest absolute Gasteiger partial charge is 0.472 e. The van der Waals surface area contributed by atoms with Crippen molar-refractivity contribution in [3.8, 4) is 17.3 Å². The number of hydrogen-bond donors (Lipinski definition) is 0. The third-order valence-corrected chi connectivity index (χ3v) is 4.99. The highest BCUT2D eigenvalue weighted by molar-refractivity contribution is 5.46. The van der Waals surface area contributed by atoms with Gasteiger partial charge in [0.25, 0.3) is 0 Å². The van der Waals surface area contributed by atoms with E-state index in [9.17, 15) is 4.79 Å². The highest BCUT2D eigenvalue weighted by Gasteiger charge is 2.15. The second-order valence-corrected chi connectivity index (χ2v) is 7.27. The van der Waals surface area contributed by atoms with Crippen molar-refractivity contribution in [2.45, 2.75) is 34.3 Å². The zero-order valence-electron chi connectivity index (χ0n) is 17.6. The van der Waals surface area contributed by atoms with Crippen LogP contribution in [0.5, 0.6) is 5.88 Å². The zero-order chi connectivity index (χ0) is 21.4. The summed E-state index contributed by atoms with van der Waals surface area (Å²) in [5.74, 6) is 0.542. The van der Waals surface area contributed by atoms with Crippen molar-refractivity contribution >= 4 is 0 Å². The molecule has 0 spiro atoms. The van der Waals surface area contributed by atoms with Crippen LogP contribution < -0.4 is 10.4 Å². The van der Waals surface area contributed by atoms with Crippen LogP contribution in [0.2, 0.25) is 0 Å². The van der Waals surface area contributed by atoms with Crippen LogP contribution in [0.25, 0.3) is 11.4 Å². The Hall–Kier alpha value is -3.75. The van der Waals surface area contributed by atoms with E-state index in [2.05, 4.69) is 20.5 Å². The lowest BCUT2D eigenvalue weighted by atomic mass is 10.1. The van der Waals surface area contributed by atoms with E-state index in [1.54, 1.807) is 7.05 Å². The molecule has 0 unspecified atom stereocenters. The minimum absolute atomic E-state index is 0.249. The molecule has 3 heterocycles. The van der Waals surface area contributed by atoms with Gasteiger partial charge >= 0.3 is 5.69 Å². The molecule has 4 rings (SSSR count). The van der Waals surface area contributed by atoms with Gasteiger partial charge in [0.1, 0.15) is 6.61 Å². The van der Waals surface area contributed by atoms with Crippen molar-refractivity contribution < 1.29 is 4.74 Å². The van der Waals surface area contributed by atoms with Crippen LogP contribution in [0.4, 0.5) is 0 Å². The number of pyridine rings is 1. The van der Waals surface area contributed by atoms with E-state index in [1.807, 2.05) is 68.9 Å². The third kappa shape index (κ3) is 3.49. The summed E-state index contributed by atoms with van der Waals surface area (Å²) in [5.41, 5.74) is 5.74. The quantitative estimate of drug-likeness (QED) is 0.506. The van der Waals surface area contributed by atoms with Crippen molar-refractivity contribution in [3.05, 3.63) is 75.1 Å². The van der Waals surface area contributed by atoms with Crippen molar-refractivity contribution in [2.75, 3.05) is 0 Å². The summed E-state index contributed by atoms with van der Waals surface area (Å²) in [5, 5.41) is 12.2. The molecular weight excluding hydrogens is 382 g/mol. The first-order valence-corrected chi connectivity index (χ1v) is 9.56. The Labute approximate surface area is 173 Å². The van der Waals surface area contributed by atoms with Gasteiger partial charge in [0.2, 0.25) is 5.88 Å². The summed E-state index contributed by atoms with van der Waals surface area (Å²) >= 11 is 0. The maximum absolute atomic E-state index is 12.3. The molecule has 1 aromatic carbocycles. The molecule has 0 aliphatic heterocycles. The van der Waals surface area contributed by atoms with E-state index in [-0.39, 0.29) is 12.3 Å². The van der Waals surface area contributed by atoms with Crippen molar-refractivity contribution in [1.29, 1.82) is 0 Å². The first kappa shape index (κ1) is 19.6. The summed E-state index contributed by atoms with van der Waals surface area (Å²) in [6.45, 7) is 8.05. The fraction of sp³-hybridized carbons (Fsp3) is 0.286. The number of ether oxygens (including phenoxy) is 1. The van der Waals surface area contributed by atoms with Gasteiger partial charge in [-0.2, -0.15) is 14.5 Å². The topological polar surface area (TPSA) is 92.7 Å². The maximum Gasteiger partial charge on any atom is 0.368 e. The summed E-state index contributed by atoms with van der Waals surface area (Å²) in [6.07, 6.45) is 1.91. The van der Waals surface area contributed by atoms with Crippen LogP contribution in [0, 0.1) is 27.7 Å². The standard InChI is InChI=1S/C21H23N7O2/c1-13-7-6-8-18(28-21(29)26(5)24-25-28)17(13)12-30-20-14(2)11-19(16(4)22-20)27-10-9-15(3)23-27/h6-11H,12H2,1-5H3. The second kappa shape index (κ2) is 7.58. The highest BCUT2D eigenvalue weighted by atomic mass is 16.5. The van der Waals surface area contributed by atoms with Crippen molar-refractivity contribution in [2.24, 2.45) is 7.05 Å². The van der Waals surface area contributed by atoms with Gasteiger partial charge in [0.15, 0.2) is 0 Å². The number of tetrazole rings is 1. The monoisotopic (exact) mass is 405 g/mol. The number of benzene rings is 1. The first-order valence-electron chi connectivity index (χ1n) is 9.56. The maximum atomic E-state index is 12.3. The van der Waals surface area contributed by atoms with E-state index in [0.29, 0.717) is 11.6 Å². The SMILES string of the molecule is Cc1ccn(-c2cc(C)c(OCc3c(C)cccc3-n3nnn(C)c3=O)nc2C)n1. The molecule has 0 bridgehead atoms. The molecule has 0 aliphatic rings. The van der Waals surface area contributed by atoms with Gasteiger partial charge in [-0.05, 0) is 61.9 Å². The Balaban J connectivity index is 1.65. The molecule has 0 radical (unpaired) electrons. The summed E-state index contributed by atoms with van der Waals surface area (Å²) in [4.78, 5) is 17.0. The summed E-state index contributed by atoms with van der Waals surface area (Å²) in [7, 11) is 1.57. The molecule has 4 aromatic rings. The predicted molar refractivity (Wildman–Crippen MR) is 111 cm³/mol. The predicted octanol–water partition coefficient (Wildman–Crippen LogP) is 2.36. The minimum atomic E-state index is -0.314. The first-order chi connectivity index (χ1) is 14.3. The molecule has 0 saturated carbocycles. The normalized spacial score (nSPS) is 11.1. The van der Waals surface area contributed by atoms with Crippen molar-refractivity contribution in [1.82, 2.24) is 34.6 Å². The van der Waals surface area contributed by atoms with Crippen LogP contribution in [0.15, 0.2) is 41.3 Å². The van der Waals surface area contributed by atoms with Crippen LogP contribution >= 0.6 is 0 Å². The molecule has 154 valence electrons. The van der Waals surface area contributed by atoms with Crippen molar-refractivity contribution in [3.63, 3.8) is 0 Å². The fourth-order valence-corrected chi connectivity index (χ4v) is 3.27. The van der Waals surface area contributed by atoms with E-state index in [1.165, 1.54) is 9.36 Å². The summed E-state index contributed by atoms with van der Waals surface area (Å²) < 4.78 is 10.4. The molecule has 9 heteroatoms. The van der Waals surface area contributed by atoms with Gasteiger partial charge in [0.05, 0.1) is 22.8 Å². The Kier molecular flexibility index (Phi) is 4.94. The number of aryl methyl sites for hydroxylation is 5. The minimum Gasteiger partial charge on any atom is -0.472 e. The third-order valence-electron chi connectivity index (χ3n) is 4.99. The molecule has 9 nitrogen and oxygen atoms in total. The van der Waals surface area contributed by atoms with Crippen LogP contribution in [-0.2, 0) is 13.7 Å². The van der Waals surface area contributed by atoms with Gasteiger partial charge in [-0.1, -0.05) is 12.1 Å². The molecule has 3 aromatic heterocycles. The number of aromatic nitrogens is 7. The number of hydrogen-bond acceptors (Lipinski definition) is 6. The number of nitrogens with zero attached hydrogens (tertiary/aromatic N) is 7. The average molecular weight is 405 g/mol. The van der Waals surface area contributed by atoms with Crippen LogP contribution in [0.1, 0.15) is 28.1 Å². The van der Waals surface area contributed by atoms with Gasteiger partial charge in [-0.25, -0.2) is 14.5 Å². The van der Waals surface area contributed by atoms with E-state index in [0.717, 1.165) is 33.8 Å². The smallest absolute Gasteiger partial charge is 0.368 e. The lowest BCUT2D eigenvalue weighted by molar-refractivity contribution is 0.289. The van der Waals surface area contributed by atoms with Crippen LogP contribution in [-0.4, -0.2) is 34.6 Å². The molecule has 0 saturated heterocycles. The Morgan fingerprint density at radius 3 is 2.47 bits per heavy atom. The Bertz CT molecular complexity index is 1280. The zero-order valence-corrected chi connectivity index (χ0v) is 17.6. The Morgan fingerprint density at radius 1 is 1.00 bits per heavy atom. The molecule has 0 aliphatic carbocycles. The number of rotatable bonds is 5. The van der Waals surface area contributed by atoms with Gasteiger partial charge < -0.3 is 4.74 Å². The van der Waals surface area contributed by atoms with E-state index < -0.39 is 0 Å². The second-order valence-electron chi connectivity index (χ2n) is 7.27. The van der Waals surface area contributed by atoms with Crippen LogP contribution in [0.3, 0.4) is 0 Å². The summed E-state index contributed by atoms with van der Waals surface area (Å²) in [6, 6.07) is 9.64.